The van der Waals surface area contributed by atoms with Gasteiger partial charge in [0.15, 0.2) is 0 Å². The summed E-state index contributed by atoms with van der Waals surface area (Å²) in [6.07, 6.45) is 0.901. The lowest BCUT2D eigenvalue weighted by atomic mass is 10.1. The van der Waals surface area contributed by atoms with Crippen LogP contribution in [0, 0.1) is 0 Å². The molecule has 0 spiro atoms. The Morgan fingerprint density at radius 1 is 0.920 bits per heavy atom. The minimum Gasteiger partial charge on any atom is -0.300 e. The van der Waals surface area contributed by atoms with Crippen LogP contribution in [-0.2, 0) is 16.4 Å². The van der Waals surface area contributed by atoms with Gasteiger partial charge in [-0.2, -0.15) is 4.31 Å². The van der Waals surface area contributed by atoms with E-state index >= 15 is 0 Å². The van der Waals surface area contributed by atoms with Crippen LogP contribution in [0.25, 0.3) is 0 Å². The molecule has 1 aliphatic rings. The van der Waals surface area contributed by atoms with Gasteiger partial charge in [0.2, 0.25) is 10.0 Å². The number of halogens is 2. The molecule has 3 rings (SSSR count). The van der Waals surface area contributed by atoms with Crippen LogP contribution in [0.1, 0.15) is 5.56 Å². The van der Waals surface area contributed by atoms with Gasteiger partial charge in [0, 0.05) is 37.7 Å². The molecule has 0 amide bonds. The van der Waals surface area contributed by atoms with Crippen LogP contribution in [0.15, 0.2) is 53.4 Å². The van der Waals surface area contributed by atoms with E-state index in [0.29, 0.717) is 26.2 Å². The van der Waals surface area contributed by atoms with Crippen LogP contribution in [0.2, 0.25) is 10.0 Å². The summed E-state index contributed by atoms with van der Waals surface area (Å²) in [6.45, 7) is 3.26. The summed E-state index contributed by atoms with van der Waals surface area (Å²) in [5, 5.41) is 1.01. The summed E-state index contributed by atoms with van der Waals surface area (Å²) >= 11 is 12.1. The highest BCUT2D eigenvalue weighted by Crippen LogP contribution is 2.25. The van der Waals surface area contributed by atoms with Crippen LogP contribution in [0.4, 0.5) is 0 Å². The molecule has 2 aromatic carbocycles. The van der Waals surface area contributed by atoms with Crippen molar-refractivity contribution in [3.05, 3.63) is 64.1 Å². The van der Waals surface area contributed by atoms with Crippen LogP contribution >= 0.6 is 23.2 Å². The van der Waals surface area contributed by atoms with Gasteiger partial charge in [0.25, 0.3) is 0 Å². The maximum Gasteiger partial charge on any atom is 0.244 e. The molecular formula is C18H20Cl2N2O2S. The van der Waals surface area contributed by atoms with Gasteiger partial charge in [-0.05, 0) is 36.2 Å². The van der Waals surface area contributed by atoms with E-state index in [1.54, 1.807) is 24.3 Å². The third-order valence-corrected chi connectivity index (χ3v) is 7.03. The zero-order valence-corrected chi connectivity index (χ0v) is 16.1. The Morgan fingerprint density at radius 3 is 2.32 bits per heavy atom. The van der Waals surface area contributed by atoms with E-state index < -0.39 is 10.0 Å². The average Bonchev–Trinajstić information content (AvgIpc) is 2.61. The van der Waals surface area contributed by atoms with E-state index in [9.17, 15) is 8.42 Å². The third kappa shape index (κ3) is 4.54. The first-order chi connectivity index (χ1) is 12.0. The maximum absolute atomic E-state index is 12.7. The normalized spacial score (nSPS) is 16.9. The van der Waals surface area contributed by atoms with Gasteiger partial charge >= 0.3 is 0 Å². The predicted octanol–water partition coefficient (Wildman–Crippen LogP) is 3.54. The SMILES string of the molecule is O=S(=O)(c1ccccc1Cl)N1CCN(CCc2cccc(Cl)c2)CC1. The summed E-state index contributed by atoms with van der Waals surface area (Å²) in [7, 11) is -3.53. The van der Waals surface area contributed by atoms with Gasteiger partial charge in [-0.3, -0.25) is 0 Å². The van der Waals surface area contributed by atoms with Crippen LogP contribution in [0.3, 0.4) is 0 Å². The number of sulfonamides is 1. The van der Waals surface area contributed by atoms with E-state index in [0.717, 1.165) is 18.0 Å². The van der Waals surface area contributed by atoms with Gasteiger partial charge in [-0.25, -0.2) is 8.42 Å². The molecule has 1 heterocycles. The van der Waals surface area contributed by atoms with Crippen molar-refractivity contribution in [3.63, 3.8) is 0 Å². The topological polar surface area (TPSA) is 40.6 Å². The number of benzene rings is 2. The molecule has 4 nitrogen and oxygen atoms in total. The molecule has 0 atom stereocenters. The second-order valence-corrected chi connectivity index (χ2v) is 8.81. The molecule has 0 saturated carbocycles. The minimum atomic E-state index is -3.53. The van der Waals surface area contributed by atoms with E-state index in [2.05, 4.69) is 11.0 Å². The zero-order valence-electron chi connectivity index (χ0n) is 13.7. The molecule has 1 aliphatic heterocycles. The van der Waals surface area contributed by atoms with Crippen LogP contribution in [-0.4, -0.2) is 50.3 Å². The fourth-order valence-electron chi connectivity index (χ4n) is 2.97. The first-order valence-electron chi connectivity index (χ1n) is 8.18. The van der Waals surface area contributed by atoms with Crippen molar-refractivity contribution in [1.82, 2.24) is 9.21 Å². The van der Waals surface area contributed by atoms with E-state index in [4.69, 9.17) is 23.2 Å². The number of rotatable bonds is 5. The molecule has 134 valence electrons. The quantitative estimate of drug-likeness (QED) is 0.772. The number of nitrogens with zero attached hydrogens (tertiary/aromatic N) is 2. The smallest absolute Gasteiger partial charge is 0.244 e. The molecule has 7 heteroatoms. The Hall–Kier alpha value is -1.11. The highest BCUT2D eigenvalue weighted by molar-refractivity contribution is 7.89. The van der Waals surface area contributed by atoms with Crippen molar-refractivity contribution in [1.29, 1.82) is 0 Å². The summed E-state index contributed by atoms with van der Waals surface area (Å²) < 4.78 is 27.0. The maximum atomic E-state index is 12.7. The number of piperazine rings is 1. The predicted molar refractivity (Wildman–Crippen MR) is 102 cm³/mol. The van der Waals surface area contributed by atoms with Gasteiger partial charge in [0.05, 0.1) is 5.02 Å². The van der Waals surface area contributed by atoms with E-state index in [1.165, 1.54) is 9.87 Å². The highest BCUT2D eigenvalue weighted by atomic mass is 35.5. The van der Waals surface area contributed by atoms with E-state index in [1.807, 2.05) is 18.2 Å². The number of hydrogen-bond acceptors (Lipinski definition) is 3. The van der Waals surface area contributed by atoms with Gasteiger partial charge in [-0.1, -0.05) is 47.5 Å². The highest BCUT2D eigenvalue weighted by Gasteiger charge is 2.29. The van der Waals surface area contributed by atoms with E-state index in [-0.39, 0.29) is 9.92 Å². The summed E-state index contributed by atoms with van der Waals surface area (Å²) in [5.74, 6) is 0. The molecule has 0 N–H and O–H groups in total. The fraction of sp³-hybridized carbons (Fsp3) is 0.333. The monoisotopic (exact) mass is 398 g/mol. The Morgan fingerprint density at radius 2 is 1.64 bits per heavy atom. The van der Waals surface area contributed by atoms with Crippen LogP contribution in [0.5, 0.6) is 0 Å². The molecule has 25 heavy (non-hydrogen) atoms. The fourth-order valence-corrected chi connectivity index (χ4v) is 5.09. The second-order valence-electron chi connectivity index (χ2n) is 6.06. The van der Waals surface area contributed by atoms with Crippen molar-refractivity contribution in [3.8, 4) is 0 Å². The molecule has 0 unspecified atom stereocenters. The Bertz CT molecular complexity index is 834. The Balaban J connectivity index is 1.57. The molecule has 0 aromatic heterocycles. The number of hydrogen-bond donors (Lipinski definition) is 0. The lowest BCUT2D eigenvalue weighted by Crippen LogP contribution is -2.49. The molecule has 1 saturated heterocycles. The van der Waals surface area contributed by atoms with Gasteiger partial charge < -0.3 is 4.90 Å². The summed E-state index contributed by atoms with van der Waals surface area (Å²) in [6, 6.07) is 14.4. The molecule has 0 aliphatic carbocycles. The zero-order chi connectivity index (χ0) is 17.9. The van der Waals surface area contributed by atoms with Crippen molar-refractivity contribution in [2.75, 3.05) is 32.7 Å². The van der Waals surface area contributed by atoms with Crippen molar-refractivity contribution in [2.24, 2.45) is 0 Å². The summed E-state index contributed by atoms with van der Waals surface area (Å²) in [4.78, 5) is 2.46. The molecule has 0 radical (unpaired) electrons. The molecule has 2 aromatic rings. The first kappa shape index (κ1) is 18.7. The van der Waals surface area contributed by atoms with Crippen molar-refractivity contribution < 1.29 is 8.42 Å². The minimum absolute atomic E-state index is 0.184. The van der Waals surface area contributed by atoms with Gasteiger partial charge in [-0.15, -0.1) is 0 Å². The molecular weight excluding hydrogens is 379 g/mol. The lowest BCUT2D eigenvalue weighted by Gasteiger charge is -2.34. The molecule has 0 bridgehead atoms. The first-order valence-corrected chi connectivity index (χ1v) is 10.4. The molecule has 1 fully saturated rings. The average molecular weight is 399 g/mol. The van der Waals surface area contributed by atoms with Gasteiger partial charge in [0.1, 0.15) is 4.90 Å². The lowest BCUT2D eigenvalue weighted by molar-refractivity contribution is 0.190. The standard InChI is InChI=1S/C18H20Cl2N2O2S/c19-16-5-3-4-15(14-16)8-9-21-10-12-22(13-11-21)25(23,24)18-7-2-1-6-17(18)20/h1-7,14H,8-13H2. The third-order valence-electron chi connectivity index (χ3n) is 4.39. The van der Waals surface area contributed by atoms with Crippen LogP contribution < -0.4 is 0 Å². The van der Waals surface area contributed by atoms with Crippen molar-refractivity contribution >= 4 is 33.2 Å². The summed E-state index contributed by atoms with van der Waals surface area (Å²) in [5.41, 5.74) is 1.19. The second kappa shape index (κ2) is 8.06. The Kier molecular flexibility index (Phi) is 6.02. The van der Waals surface area contributed by atoms with Crippen molar-refractivity contribution in [2.45, 2.75) is 11.3 Å². The largest absolute Gasteiger partial charge is 0.300 e. The Labute approximate surface area is 159 Å².